The highest BCUT2D eigenvalue weighted by Crippen LogP contribution is 2.28. The van der Waals surface area contributed by atoms with E-state index < -0.39 is 11.9 Å². The van der Waals surface area contributed by atoms with Gasteiger partial charge < -0.3 is 30.3 Å². The van der Waals surface area contributed by atoms with Crippen LogP contribution in [0.25, 0.3) is 0 Å². The molecule has 4 N–H and O–H groups in total. The number of phenolic OH excluding ortho intramolecular Hbond substituents is 1. The molecular weight excluding hydrogens is 488 g/mol. The number of carbonyl (C=O) groups excluding carboxylic acids is 2. The molecule has 0 aliphatic rings. The van der Waals surface area contributed by atoms with E-state index in [4.69, 9.17) is 14.6 Å². The Morgan fingerprint density at radius 1 is 0.868 bits per heavy atom. The summed E-state index contributed by atoms with van der Waals surface area (Å²) in [4.78, 5) is 36.4. The quantitative estimate of drug-likeness (QED) is 0.222. The molecule has 3 aromatic rings. The highest BCUT2D eigenvalue weighted by molar-refractivity contribution is 6.08. The molecule has 0 saturated heterocycles. The molecule has 0 aromatic heterocycles. The lowest BCUT2D eigenvalue weighted by Gasteiger charge is -2.15. The fourth-order valence-electron chi connectivity index (χ4n) is 3.77. The number of carbonyl (C=O) groups is 3. The van der Waals surface area contributed by atoms with E-state index in [1.54, 1.807) is 36.4 Å². The Labute approximate surface area is 221 Å². The maximum Gasteiger partial charge on any atom is 0.303 e. The Morgan fingerprint density at radius 2 is 1.61 bits per heavy atom. The topological polar surface area (TPSA) is 134 Å². The lowest BCUT2D eigenvalue weighted by atomic mass is 10.1. The van der Waals surface area contributed by atoms with Crippen LogP contribution in [-0.4, -0.2) is 41.7 Å². The predicted molar refractivity (Wildman–Crippen MR) is 144 cm³/mol. The van der Waals surface area contributed by atoms with Gasteiger partial charge in [-0.15, -0.1) is 0 Å². The summed E-state index contributed by atoms with van der Waals surface area (Å²) in [6.07, 6.45) is 2.15. The van der Waals surface area contributed by atoms with Crippen LogP contribution in [0.1, 0.15) is 57.5 Å². The van der Waals surface area contributed by atoms with Gasteiger partial charge in [0.15, 0.2) is 0 Å². The summed E-state index contributed by atoms with van der Waals surface area (Å²) in [7, 11) is 1.51. The first-order valence-electron chi connectivity index (χ1n) is 12.3. The number of methoxy groups -OCH3 is 1. The summed E-state index contributed by atoms with van der Waals surface area (Å²) in [5.41, 5.74) is 3.01. The lowest BCUT2D eigenvalue weighted by Crippen LogP contribution is -2.16. The van der Waals surface area contributed by atoms with E-state index in [1.807, 2.05) is 19.1 Å². The van der Waals surface area contributed by atoms with Crippen LogP contribution in [-0.2, 0) is 16.1 Å². The van der Waals surface area contributed by atoms with Crippen molar-refractivity contribution in [2.75, 3.05) is 24.4 Å². The first-order chi connectivity index (χ1) is 18.3. The molecule has 0 fully saturated rings. The Kier molecular flexibility index (Phi) is 10.2. The number of carboxylic acids is 1. The van der Waals surface area contributed by atoms with Gasteiger partial charge in [0.25, 0.3) is 11.8 Å². The summed E-state index contributed by atoms with van der Waals surface area (Å²) in [6, 6.07) is 16.5. The number of hydrogen-bond donors (Lipinski definition) is 4. The standard InChI is InChI=1S/C29H32N2O7/c1-19-11-13-24(26(16-19)38-15-7-3-4-10-27(33)34)31-28(35)20-12-14-23(21(17-20)18-37-2)30-29(36)22-8-5-6-9-25(22)32/h5-6,8-9,11-14,16-17,32H,3-4,7,10,15,18H2,1-2H3,(H,30,36)(H,31,35)(H,33,34). The van der Waals surface area contributed by atoms with Crippen molar-refractivity contribution in [1.82, 2.24) is 0 Å². The maximum absolute atomic E-state index is 13.1. The van der Waals surface area contributed by atoms with E-state index in [-0.39, 0.29) is 30.2 Å². The van der Waals surface area contributed by atoms with Crippen molar-refractivity contribution >= 4 is 29.2 Å². The normalized spacial score (nSPS) is 10.6. The van der Waals surface area contributed by atoms with Gasteiger partial charge in [-0.3, -0.25) is 14.4 Å². The first-order valence-corrected chi connectivity index (χ1v) is 12.3. The fraction of sp³-hybridized carbons (Fsp3) is 0.276. The average molecular weight is 521 g/mol. The molecule has 9 heteroatoms. The number of aryl methyl sites for hydroxylation is 1. The number of unbranched alkanes of at least 4 members (excludes halogenated alkanes) is 2. The second kappa shape index (κ2) is 13.8. The molecule has 0 unspecified atom stereocenters. The molecule has 0 saturated carbocycles. The molecule has 200 valence electrons. The molecule has 3 rings (SSSR count). The predicted octanol–water partition coefficient (Wildman–Crippen LogP) is 5.38. The number of rotatable bonds is 13. The van der Waals surface area contributed by atoms with Crippen LogP contribution in [0.3, 0.4) is 0 Å². The maximum atomic E-state index is 13.1. The second-order valence-electron chi connectivity index (χ2n) is 8.78. The number of anilines is 2. The highest BCUT2D eigenvalue weighted by atomic mass is 16.5. The summed E-state index contributed by atoms with van der Waals surface area (Å²) >= 11 is 0. The zero-order chi connectivity index (χ0) is 27.5. The number of aliphatic carboxylic acids is 1. The summed E-state index contributed by atoms with van der Waals surface area (Å²) in [5.74, 6) is -1.27. The number of para-hydroxylation sites is 1. The van der Waals surface area contributed by atoms with Gasteiger partial charge >= 0.3 is 5.97 Å². The van der Waals surface area contributed by atoms with Crippen molar-refractivity contribution in [2.24, 2.45) is 0 Å². The summed E-state index contributed by atoms with van der Waals surface area (Å²) < 4.78 is 11.2. The van der Waals surface area contributed by atoms with Gasteiger partial charge in [0.1, 0.15) is 11.5 Å². The van der Waals surface area contributed by atoms with Crippen molar-refractivity contribution < 1.29 is 34.1 Å². The second-order valence-corrected chi connectivity index (χ2v) is 8.78. The van der Waals surface area contributed by atoms with Crippen molar-refractivity contribution in [3.05, 3.63) is 82.9 Å². The third-order valence-corrected chi connectivity index (χ3v) is 5.74. The highest BCUT2D eigenvalue weighted by Gasteiger charge is 2.16. The Hall–Kier alpha value is -4.37. The molecule has 0 radical (unpaired) electrons. The molecule has 9 nitrogen and oxygen atoms in total. The van der Waals surface area contributed by atoms with Crippen molar-refractivity contribution in [1.29, 1.82) is 0 Å². The summed E-state index contributed by atoms with van der Waals surface area (Å²) in [6.45, 7) is 2.47. The molecule has 0 aliphatic carbocycles. The number of aromatic hydroxyl groups is 1. The largest absolute Gasteiger partial charge is 0.507 e. The average Bonchev–Trinajstić information content (AvgIpc) is 2.88. The minimum absolute atomic E-state index is 0.131. The number of ether oxygens (including phenoxy) is 2. The zero-order valence-electron chi connectivity index (χ0n) is 21.5. The molecule has 3 aromatic carbocycles. The molecule has 2 amide bonds. The van der Waals surface area contributed by atoms with Crippen LogP contribution in [0.15, 0.2) is 60.7 Å². The lowest BCUT2D eigenvalue weighted by molar-refractivity contribution is -0.137. The van der Waals surface area contributed by atoms with Gasteiger partial charge in [-0.05, 0) is 74.2 Å². The van der Waals surface area contributed by atoms with E-state index in [9.17, 15) is 19.5 Å². The molecule has 0 bridgehead atoms. The van der Waals surface area contributed by atoms with Gasteiger partial charge in [-0.2, -0.15) is 0 Å². The molecular formula is C29H32N2O7. The zero-order valence-corrected chi connectivity index (χ0v) is 21.5. The first kappa shape index (κ1) is 28.2. The van der Waals surface area contributed by atoms with Crippen LogP contribution in [0, 0.1) is 6.92 Å². The molecule has 0 atom stereocenters. The number of carboxylic acid groups (broad SMARTS) is 1. The number of phenols is 1. The minimum atomic E-state index is -0.811. The van der Waals surface area contributed by atoms with Crippen LogP contribution >= 0.6 is 0 Å². The molecule has 0 aliphatic heterocycles. The Bertz CT molecular complexity index is 1290. The van der Waals surface area contributed by atoms with E-state index >= 15 is 0 Å². The van der Waals surface area contributed by atoms with Crippen LogP contribution in [0.4, 0.5) is 11.4 Å². The van der Waals surface area contributed by atoms with Crippen LogP contribution < -0.4 is 15.4 Å². The smallest absolute Gasteiger partial charge is 0.303 e. The van der Waals surface area contributed by atoms with Gasteiger partial charge in [-0.1, -0.05) is 18.2 Å². The van der Waals surface area contributed by atoms with E-state index in [2.05, 4.69) is 10.6 Å². The number of benzene rings is 3. The van der Waals surface area contributed by atoms with Crippen molar-refractivity contribution in [3.8, 4) is 11.5 Å². The van der Waals surface area contributed by atoms with Gasteiger partial charge in [0, 0.05) is 30.3 Å². The van der Waals surface area contributed by atoms with E-state index in [0.717, 1.165) is 12.0 Å². The third kappa shape index (κ3) is 8.07. The van der Waals surface area contributed by atoms with Gasteiger partial charge in [-0.25, -0.2) is 0 Å². The monoisotopic (exact) mass is 520 g/mol. The Balaban J connectivity index is 1.70. The third-order valence-electron chi connectivity index (χ3n) is 5.74. The number of amides is 2. The number of nitrogens with one attached hydrogen (secondary N) is 2. The molecule has 0 heterocycles. The van der Waals surface area contributed by atoms with Crippen molar-refractivity contribution in [3.63, 3.8) is 0 Å². The van der Waals surface area contributed by atoms with Gasteiger partial charge in [0.05, 0.1) is 24.5 Å². The molecule has 38 heavy (non-hydrogen) atoms. The van der Waals surface area contributed by atoms with E-state index in [0.29, 0.717) is 47.7 Å². The summed E-state index contributed by atoms with van der Waals surface area (Å²) in [5, 5.41) is 24.4. The van der Waals surface area contributed by atoms with Crippen molar-refractivity contribution in [2.45, 2.75) is 39.2 Å². The van der Waals surface area contributed by atoms with E-state index in [1.165, 1.54) is 19.2 Å². The van der Waals surface area contributed by atoms with Gasteiger partial charge in [0.2, 0.25) is 0 Å². The van der Waals surface area contributed by atoms with Crippen LogP contribution in [0.5, 0.6) is 11.5 Å². The Morgan fingerprint density at radius 3 is 2.34 bits per heavy atom. The SMILES string of the molecule is COCc1cc(C(=O)Nc2ccc(C)cc2OCCCCCC(=O)O)ccc1NC(=O)c1ccccc1O. The minimum Gasteiger partial charge on any atom is -0.507 e. The fourth-order valence-corrected chi connectivity index (χ4v) is 3.77. The molecule has 0 spiro atoms. The van der Waals surface area contributed by atoms with Crippen LogP contribution in [0.2, 0.25) is 0 Å². The number of hydrogen-bond acceptors (Lipinski definition) is 6.